The molecule has 0 radical (unpaired) electrons. The summed E-state index contributed by atoms with van der Waals surface area (Å²) in [7, 11) is 0. The standard InChI is InChI=1S/C69H75NO20/c1-33(2)67-55(89-67)56-69(90-56)63(8)26-25-40-41(31-81-59(40)78)42(63)27-46-68(69,88-46)61(67)85-48(74)29-47(73)84-51(50(37-19-13-10-14-20-37)70-57(76)38-21-15-11-16-22-38)60(79)83-43-30-66(80)54(86-58(77)39-23-17-12-18-24-39)52-64(9,53(75)35(4)49(34(43)3)62(66,6)7)44(72)28-45-65(52,32-82-45)87-36(5)71/h10-24,33,35,42-46,50-52,54-56,61,72,80H,25-32H2,1-9H3,(H,70,76). The second kappa shape index (κ2) is 20.4. The first-order valence-corrected chi connectivity index (χ1v) is 31.3. The number of carbonyl (C=O) groups excluding carboxylic acids is 8. The Balaban J connectivity index is 0.818. The molecule has 476 valence electrons. The predicted molar refractivity (Wildman–Crippen MR) is 311 cm³/mol. The topological polar surface area (TPSA) is 291 Å². The maximum Gasteiger partial charge on any atom is 0.350 e. The Labute approximate surface area is 519 Å². The van der Waals surface area contributed by atoms with Gasteiger partial charge in [0.1, 0.15) is 72.2 Å². The fraction of sp³-hybridized carbons (Fsp3) is 0.565. The number of hydrogen-bond acceptors (Lipinski definition) is 20. The van der Waals surface area contributed by atoms with Gasteiger partial charge in [-0.25, -0.2) is 14.4 Å². The number of epoxide rings is 3. The van der Waals surface area contributed by atoms with Gasteiger partial charge in [-0.3, -0.25) is 24.0 Å². The van der Waals surface area contributed by atoms with Crippen LogP contribution in [0, 0.1) is 39.9 Å². The van der Waals surface area contributed by atoms with Crippen LogP contribution in [0.15, 0.2) is 113 Å². The van der Waals surface area contributed by atoms with Gasteiger partial charge in [-0.05, 0) is 91.5 Å². The highest BCUT2D eigenvalue weighted by molar-refractivity contribution is 5.97. The molecule has 21 nitrogen and oxygen atoms in total. The molecule has 8 fully saturated rings. The Morgan fingerprint density at radius 3 is 2.11 bits per heavy atom. The van der Waals surface area contributed by atoms with Crippen LogP contribution in [0.3, 0.4) is 0 Å². The molecule has 90 heavy (non-hydrogen) atoms. The fourth-order valence-corrected chi connectivity index (χ4v) is 18.9. The maximum atomic E-state index is 15.8. The van der Waals surface area contributed by atoms with Gasteiger partial charge in [0.05, 0.1) is 35.7 Å². The third-order valence-corrected chi connectivity index (χ3v) is 23.4. The number of Topliss-reactive ketones (excluding diaryl/α,β-unsaturated/α-hetero) is 1. The summed E-state index contributed by atoms with van der Waals surface area (Å²) in [4.78, 5) is 116. The number of esters is 6. The molecule has 2 bridgehead atoms. The molecule has 21 heteroatoms. The second-order valence-corrected chi connectivity index (χ2v) is 28.1. The van der Waals surface area contributed by atoms with E-state index in [9.17, 15) is 39.0 Å². The van der Waals surface area contributed by atoms with Crippen LogP contribution in [-0.2, 0) is 76.1 Å². The molecular formula is C69H75NO20. The van der Waals surface area contributed by atoms with Crippen molar-refractivity contribution in [3.63, 3.8) is 0 Å². The van der Waals surface area contributed by atoms with Gasteiger partial charge in [-0.1, -0.05) is 108 Å². The van der Waals surface area contributed by atoms with E-state index in [-0.39, 0.29) is 54.1 Å². The van der Waals surface area contributed by atoms with Gasteiger partial charge in [-0.2, -0.15) is 0 Å². The molecule has 0 aromatic heterocycles. The first-order valence-electron chi connectivity index (χ1n) is 31.3. The molecule has 2 spiro atoms. The van der Waals surface area contributed by atoms with E-state index >= 15 is 9.59 Å². The number of ketones is 1. The van der Waals surface area contributed by atoms with Crippen molar-refractivity contribution < 1.29 is 95.9 Å². The smallest absolute Gasteiger partial charge is 0.350 e. The summed E-state index contributed by atoms with van der Waals surface area (Å²) in [6.07, 6.45) is -10.4. The quantitative estimate of drug-likeness (QED) is 0.0544. The fourth-order valence-electron chi connectivity index (χ4n) is 18.9. The number of fused-ring (bicyclic) bond motifs is 9. The van der Waals surface area contributed by atoms with Crippen molar-refractivity contribution in [2.75, 3.05) is 13.2 Å². The zero-order valence-corrected chi connectivity index (χ0v) is 51.6. The van der Waals surface area contributed by atoms with Crippen LogP contribution < -0.4 is 5.32 Å². The summed E-state index contributed by atoms with van der Waals surface area (Å²) >= 11 is 0. The first kappa shape index (κ1) is 60.4. The maximum absolute atomic E-state index is 15.8. The summed E-state index contributed by atoms with van der Waals surface area (Å²) in [5.74, 6) is -9.68. The van der Waals surface area contributed by atoms with E-state index in [1.807, 2.05) is 13.8 Å². The van der Waals surface area contributed by atoms with Crippen molar-refractivity contribution in [3.8, 4) is 0 Å². The molecule has 14 rings (SSSR count). The highest BCUT2D eigenvalue weighted by Crippen LogP contribution is 2.83. The van der Waals surface area contributed by atoms with E-state index in [2.05, 4.69) is 12.2 Å². The number of nitrogens with one attached hydrogen (secondary N) is 1. The van der Waals surface area contributed by atoms with E-state index in [4.69, 9.17) is 47.4 Å². The summed E-state index contributed by atoms with van der Waals surface area (Å²) in [5.41, 5.74) is -8.47. The SMILES string of the molecule is CC(=O)OC12COC1CC(O)C1(C)C(=O)C(C)C3=C(C)C(OC(=O)C(OC(=O)CC(=O)OC4C5(C(C)C)OC5C5OC56C5(C)CCC7=C(COC7=O)C5CC5OC546)C(NC(=O)c4ccccc4)c4ccccc4)CC(O)(C(OC(=O)c4ccccc4)C21)C3(C)C. The van der Waals surface area contributed by atoms with Crippen LogP contribution in [0.5, 0.6) is 0 Å². The molecule has 3 N–H and O–H groups in total. The second-order valence-electron chi connectivity index (χ2n) is 28.1. The van der Waals surface area contributed by atoms with Gasteiger partial charge in [0, 0.05) is 47.6 Å². The lowest BCUT2D eigenvalue weighted by Crippen LogP contribution is -2.81. The van der Waals surface area contributed by atoms with Crippen LogP contribution in [0.2, 0.25) is 0 Å². The Morgan fingerprint density at radius 1 is 0.800 bits per heavy atom. The van der Waals surface area contributed by atoms with Gasteiger partial charge < -0.3 is 62.9 Å². The third-order valence-electron chi connectivity index (χ3n) is 23.4. The zero-order chi connectivity index (χ0) is 63.8. The molecule has 5 aliphatic heterocycles. The molecule has 1 amide bonds. The molecule has 3 aromatic rings. The van der Waals surface area contributed by atoms with Gasteiger partial charge >= 0.3 is 35.8 Å². The molecule has 5 heterocycles. The van der Waals surface area contributed by atoms with Crippen LogP contribution in [-0.4, -0.2) is 154 Å². The Kier molecular flexibility index (Phi) is 13.7. The molecule has 4 saturated carbocycles. The number of carbonyl (C=O) groups is 8. The van der Waals surface area contributed by atoms with E-state index < -0.39 is 171 Å². The third kappa shape index (κ3) is 8.13. The molecule has 20 atom stereocenters. The van der Waals surface area contributed by atoms with Crippen LogP contribution in [0.4, 0.5) is 0 Å². The minimum atomic E-state index is -2.36. The largest absolute Gasteiger partial charge is 0.458 e. The Morgan fingerprint density at radius 2 is 1.47 bits per heavy atom. The monoisotopic (exact) mass is 1240 g/mol. The average Bonchev–Trinajstić information content (AvgIpc) is 1.41. The number of ether oxygens (including phenoxy) is 10. The minimum absolute atomic E-state index is 0.0738. The lowest BCUT2D eigenvalue weighted by atomic mass is 9.43. The Bertz CT molecular complexity index is 3640. The van der Waals surface area contributed by atoms with E-state index in [0.29, 0.717) is 36.0 Å². The normalized spacial score (nSPS) is 40.6. The molecule has 20 unspecified atom stereocenters. The van der Waals surface area contributed by atoms with Crippen molar-refractivity contribution in [1.82, 2.24) is 5.32 Å². The highest BCUT2D eigenvalue weighted by Gasteiger charge is 3.01. The molecular weight excluding hydrogens is 1160 g/mol. The van der Waals surface area contributed by atoms with Gasteiger partial charge in [0.15, 0.2) is 17.3 Å². The predicted octanol–water partition coefficient (Wildman–Crippen LogP) is 6.05. The number of aliphatic hydroxyl groups excluding tert-OH is 1. The van der Waals surface area contributed by atoms with Crippen LogP contribution in [0.25, 0.3) is 0 Å². The summed E-state index contributed by atoms with van der Waals surface area (Å²) in [5, 5.41) is 29.3. The van der Waals surface area contributed by atoms with Crippen LogP contribution in [0.1, 0.15) is 133 Å². The average molecular weight is 1240 g/mol. The lowest BCUT2D eigenvalue weighted by molar-refractivity contribution is -0.345. The van der Waals surface area contributed by atoms with Gasteiger partial charge in [0.2, 0.25) is 6.10 Å². The first-order chi connectivity index (χ1) is 42.7. The number of hydrogen-bond donors (Lipinski definition) is 3. The minimum Gasteiger partial charge on any atom is -0.458 e. The van der Waals surface area contributed by atoms with Crippen molar-refractivity contribution in [1.29, 1.82) is 0 Å². The van der Waals surface area contributed by atoms with Gasteiger partial charge in [0.25, 0.3) is 5.91 Å². The summed E-state index contributed by atoms with van der Waals surface area (Å²) < 4.78 is 64.0. The van der Waals surface area contributed by atoms with E-state index in [0.717, 1.165) is 5.57 Å². The highest BCUT2D eigenvalue weighted by atomic mass is 16.8. The lowest BCUT2D eigenvalue weighted by Gasteiger charge is -2.67. The number of aliphatic hydroxyl groups is 2. The van der Waals surface area contributed by atoms with Crippen molar-refractivity contribution in [3.05, 3.63) is 130 Å². The molecule has 11 aliphatic rings. The van der Waals surface area contributed by atoms with Crippen molar-refractivity contribution >= 4 is 47.5 Å². The van der Waals surface area contributed by atoms with E-state index in [1.165, 1.54) is 26.0 Å². The van der Waals surface area contributed by atoms with E-state index in [1.54, 1.807) is 107 Å². The van der Waals surface area contributed by atoms with Crippen molar-refractivity contribution in [2.24, 2.45) is 39.9 Å². The molecule has 3 aromatic carbocycles. The zero-order valence-electron chi connectivity index (χ0n) is 51.6. The molecule has 4 saturated heterocycles. The van der Waals surface area contributed by atoms with Crippen LogP contribution >= 0.6 is 0 Å². The number of rotatable bonds is 14. The summed E-state index contributed by atoms with van der Waals surface area (Å²) in [6, 6.07) is 22.7. The number of cyclic esters (lactones) is 1. The number of amides is 1. The van der Waals surface area contributed by atoms with Gasteiger partial charge in [-0.15, -0.1) is 0 Å². The summed E-state index contributed by atoms with van der Waals surface area (Å²) in [6.45, 7) is 15.3. The Hall–Kier alpha value is -7.14. The van der Waals surface area contributed by atoms with Crippen molar-refractivity contribution in [2.45, 2.75) is 190 Å². The molecule has 6 aliphatic carbocycles. The number of benzene rings is 3.